The van der Waals surface area contributed by atoms with E-state index in [0.717, 1.165) is 12.8 Å². The number of rotatable bonds is 5. The minimum absolute atomic E-state index is 0.0113. The molecule has 2 N–H and O–H groups in total. The van der Waals surface area contributed by atoms with Gasteiger partial charge in [-0.15, -0.1) is 0 Å². The first-order valence-electron chi connectivity index (χ1n) is 9.70. The Morgan fingerprint density at radius 3 is 2.93 bits per heavy atom. The number of carbonyl (C=O) groups is 3. The minimum atomic E-state index is -0.447. The Morgan fingerprint density at radius 2 is 2.18 bits per heavy atom. The van der Waals surface area contributed by atoms with Crippen LogP contribution in [0.2, 0.25) is 0 Å². The molecule has 1 aliphatic carbocycles. The second kappa shape index (κ2) is 8.17. The van der Waals surface area contributed by atoms with Gasteiger partial charge in [0.05, 0.1) is 31.8 Å². The summed E-state index contributed by atoms with van der Waals surface area (Å²) in [5.41, 5.74) is 0. The second-order valence-corrected chi connectivity index (χ2v) is 7.36. The number of carbonyl (C=O) groups excluding carboxylic acids is 3. The van der Waals surface area contributed by atoms with Gasteiger partial charge in [0.1, 0.15) is 19.0 Å². The standard InChI is InChI=1S/C18H25N5O5/c24-16(11-22-5-7-28-18(22)26)23-6-8-27-14-2-1-12(9-13(14)23)17(25)21-10-15-19-3-4-20-15/h3-4,12-14H,1-2,5-11H2,(H,19,20)(H,21,25)/t12-,13+,14+/m0/s1. The number of cyclic esters (lactones) is 1. The molecule has 2 saturated heterocycles. The van der Waals surface area contributed by atoms with Crippen LogP contribution < -0.4 is 5.32 Å². The highest BCUT2D eigenvalue weighted by Gasteiger charge is 2.42. The molecule has 3 fully saturated rings. The summed E-state index contributed by atoms with van der Waals surface area (Å²) in [7, 11) is 0. The summed E-state index contributed by atoms with van der Waals surface area (Å²) in [6.07, 6.45) is 4.88. The van der Waals surface area contributed by atoms with Crippen molar-refractivity contribution in [3.8, 4) is 0 Å². The summed E-state index contributed by atoms with van der Waals surface area (Å²) >= 11 is 0. The van der Waals surface area contributed by atoms with E-state index in [2.05, 4.69) is 15.3 Å². The molecular formula is C18H25N5O5. The van der Waals surface area contributed by atoms with Crippen molar-refractivity contribution in [1.29, 1.82) is 0 Å². The first kappa shape index (κ1) is 18.7. The molecular weight excluding hydrogens is 366 g/mol. The molecule has 1 aromatic rings. The Morgan fingerprint density at radius 1 is 1.29 bits per heavy atom. The molecule has 0 aromatic carbocycles. The number of fused-ring (bicyclic) bond motifs is 1. The van der Waals surface area contributed by atoms with Crippen LogP contribution in [-0.4, -0.2) is 82.7 Å². The fraction of sp³-hybridized carbons (Fsp3) is 0.667. The first-order valence-corrected chi connectivity index (χ1v) is 9.70. The third-order valence-corrected chi connectivity index (χ3v) is 5.67. The number of aromatic amines is 1. The highest BCUT2D eigenvalue weighted by Crippen LogP contribution is 2.32. The number of nitrogens with one attached hydrogen (secondary N) is 2. The number of hydrogen-bond donors (Lipinski definition) is 2. The summed E-state index contributed by atoms with van der Waals surface area (Å²) in [4.78, 5) is 47.3. The maximum atomic E-state index is 12.8. The number of imidazole rings is 1. The lowest BCUT2D eigenvalue weighted by Crippen LogP contribution is -2.58. The highest BCUT2D eigenvalue weighted by molar-refractivity contribution is 5.83. The maximum Gasteiger partial charge on any atom is 0.410 e. The van der Waals surface area contributed by atoms with Gasteiger partial charge in [-0.05, 0) is 19.3 Å². The predicted molar refractivity (Wildman–Crippen MR) is 95.9 cm³/mol. The number of hydrogen-bond acceptors (Lipinski definition) is 6. The van der Waals surface area contributed by atoms with Crippen molar-refractivity contribution in [2.45, 2.75) is 38.0 Å². The van der Waals surface area contributed by atoms with Crippen molar-refractivity contribution in [2.24, 2.45) is 5.92 Å². The molecule has 3 heterocycles. The topological polar surface area (TPSA) is 117 Å². The molecule has 0 spiro atoms. The molecule has 0 bridgehead atoms. The van der Waals surface area contributed by atoms with Crippen molar-refractivity contribution in [3.05, 3.63) is 18.2 Å². The zero-order chi connectivity index (χ0) is 19.5. The number of amides is 3. The van der Waals surface area contributed by atoms with Crippen LogP contribution in [0.3, 0.4) is 0 Å². The van der Waals surface area contributed by atoms with Gasteiger partial charge in [0, 0.05) is 24.9 Å². The zero-order valence-electron chi connectivity index (χ0n) is 15.6. The summed E-state index contributed by atoms with van der Waals surface area (Å²) < 4.78 is 10.8. The Bertz CT molecular complexity index is 724. The molecule has 3 aliphatic rings. The number of nitrogens with zero attached hydrogens (tertiary/aromatic N) is 3. The maximum absolute atomic E-state index is 12.8. The lowest BCUT2D eigenvalue weighted by molar-refractivity contribution is -0.154. The van der Waals surface area contributed by atoms with Crippen LogP contribution in [0.5, 0.6) is 0 Å². The van der Waals surface area contributed by atoms with Crippen LogP contribution in [0.15, 0.2) is 12.4 Å². The lowest BCUT2D eigenvalue weighted by Gasteiger charge is -2.45. The van der Waals surface area contributed by atoms with E-state index in [1.54, 1.807) is 17.3 Å². The molecule has 0 radical (unpaired) electrons. The van der Waals surface area contributed by atoms with Crippen LogP contribution in [-0.2, 0) is 25.6 Å². The lowest BCUT2D eigenvalue weighted by atomic mass is 9.81. The summed E-state index contributed by atoms with van der Waals surface area (Å²) in [5, 5.41) is 2.91. The fourth-order valence-corrected chi connectivity index (χ4v) is 4.19. The van der Waals surface area contributed by atoms with E-state index in [1.807, 2.05) is 0 Å². The van der Waals surface area contributed by atoms with E-state index in [4.69, 9.17) is 9.47 Å². The van der Waals surface area contributed by atoms with Crippen molar-refractivity contribution in [1.82, 2.24) is 25.1 Å². The van der Waals surface area contributed by atoms with Gasteiger partial charge in [0.15, 0.2) is 0 Å². The average molecular weight is 391 g/mol. The number of ether oxygens (including phenoxy) is 2. The van der Waals surface area contributed by atoms with Gasteiger partial charge in [-0.25, -0.2) is 9.78 Å². The SMILES string of the molecule is O=C(NCc1ncc[nH]1)[C@H]1CC[C@H]2OCCN(C(=O)CN3CCOC3=O)[C@@H]2C1. The minimum Gasteiger partial charge on any atom is -0.448 e. The molecule has 1 aromatic heterocycles. The molecule has 10 heteroatoms. The van der Waals surface area contributed by atoms with Crippen LogP contribution in [0.1, 0.15) is 25.1 Å². The van der Waals surface area contributed by atoms with E-state index in [0.29, 0.717) is 45.1 Å². The Balaban J connectivity index is 1.36. The first-order chi connectivity index (χ1) is 13.6. The molecule has 0 unspecified atom stereocenters. The largest absolute Gasteiger partial charge is 0.448 e. The van der Waals surface area contributed by atoms with E-state index >= 15 is 0 Å². The smallest absolute Gasteiger partial charge is 0.410 e. The number of aromatic nitrogens is 2. The number of morpholine rings is 1. The monoisotopic (exact) mass is 391 g/mol. The normalized spacial score (nSPS) is 27.3. The fourth-order valence-electron chi connectivity index (χ4n) is 4.19. The highest BCUT2D eigenvalue weighted by atomic mass is 16.6. The Labute approximate surface area is 162 Å². The molecule has 28 heavy (non-hydrogen) atoms. The third-order valence-electron chi connectivity index (χ3n) is 5.67. The Kier molecular flexibility index (Phi) is 5.47. The molecule has 152 valence electrons. The van der Waals surface area contributed by atoms with E-state index in [1.165, 1.54) is 4.90 Å². The average Bonchev–Trinajstić information content (AvgIpc) is 3.37. The molecule has 1 saturated carbocycles. The molecule has 10 nitrogen and oxygen atoms in total. The second-order valence-electron chi connectivity index (χ2n) is 7.36. The summed E-state index contributed by atoms with van der Waals surface area (Å²) in [6.45, 7) is 2.07. The van der Waals surface area contributed by atoms with Crippen LogP contribution in [0.4, 0.5) is 4.79 Å². The number of H-pyrrole nitrogens is 1. The van der Waals surface area contributed by atoms with Gasteiger partial charge in [0.25, 0.3) is 0 Å². The quantitative estimate of drug-likeness (QED) is 0.722. The van der Waals surface area contributed by atoms with Gasteiger partial charge < -0.3 is 24.7 Å². The van der Waals surface area contributed by atoms with Gasteiger partial charge in [-0.1, -0.05) is 0 Å². The van der Waals surface area contributed by atoms with E-state index in [9.17, 15) is 14.4 Å². The van der Waals surface area contributed by atoms with Crippen molar-refractivity contribution >= 4 is 17.9 Å². The van der Waals surface area contributed by atoms with Crippen LogP contribution in [0.25, 0.3) is 0 Å². The van der Waals surface area contributed by atoms with Crippen molar-refractivity contribution in [2.75, 3.05) is 32.8 Å². The zero-order valence-corrected chi connectivity index (χ0v) is 15.6. The van der Waals surface area contributed by atoms with Gasteiger partial charge >= 0.3 is 6.09 Å². The van der Waals surface area contributed by atoms with Gasteiger partial charge in [-0.3, -0.25) is 14.5 Å². The molecule has 3 amide bonds. The van der Waals surface area contributed by atoms with Crippen molar-refractivity contribution in [3.63, 3.8) is 0 Å². The molecule has 4 rings (SSSR count). The summed E-state index contributed by atoms with van der Waals surface area (Å²) in [5.74, 6) is 0.382. The van der Waals surface area contributed by atoms with Gasteiger partial charge in [-0.2, -0.15) is 0 Å². The molecule has 3 atom stereocenters. The molecule has 2 aliphatic heterocycles. The summed E-state index contributed by atoms with van der Waals surface area (Å²) in [6, 6.07) is -0.145. The van der Waals surface area contributed by atoms with E-state index < -0.39 is 6.09 Å². The van der Waals surface area contributed by atoms with Crippen LogP contribution in [0, 0.1) is 5.92 Å². The van der Waals surface area contributed by atoms with Crippen LogP contribution >= 0.6 is 0 Å². The third kappa shape index (κ3) is 3.96. The Hall–Kier alpha value is -2.62. The van der Waals surface area contributed by atoms with Crippen molar-refractivity contribution < 1.29 is 23.9 Å². The predicted octanol–water partition coefficient (Wildman–Crippen LogP) is -0.126. The van der Waals surface area contributed by atoms with E-state index in [-0.39, 0.29) is 36.4 Å². The van der Waals surface area contributed by atoms with Gasteiger partial charge in [0.2, 0.25) is 11.8 Å².